The van der Waals surface area contributed by atoms with E-state index in [1.807, 2.05) is 0 Å². The van der Waals surface area contributed by atoms with Gasteiger partial charge in [-0.05, 0) is 18.2 Å². The minimum Gasteiger partial charge on any atom is -0.399 e. The second-order valence-corrected chi connectivity index (χ2v) is 5.42. The molecule has 96 valence electrons. The van der Waals surface area contributed by atoms with Crippen LogP contribution in [0.1, 0.15) is 5.56 Å². The van der Waals surface area contributed by atoms with Gasteiger partial charge in [-0.3, -0.25) is 5.10 Å². The first kappa shape index (κ1) is 12.5. The minimum absolute atomic E-state index is 0.0543. The molecule has 1 aromatic carbocycles. The zero-order chi connectivity index (χ0) is 13.2. The second-order valence-electron chi connectivity index (χ2n) is 3.65. The second kappa shape index (κ2) is 4.75. The summed E-state index contributed by atoms with van der Waals surface area (Å²) in [6.07, 6.45) is 3.05. The molecule has 8 heteroatoms. The molecule has 1 heterocycles. The number of aromatic nitrogens is 2. The number of anilines is 1. The van der Waals surface area contributed by atoms with Gasteiger partial charge in [0.05, 0.1) is 11.1 Å². The molecule has 1 aromatic heterocycles. The smallest absolute Gasteiger partial charge is 0.241 e. The predicted molar refractivity (Wildman–Crippen MR) is 63.4 cm³/mol. The Balaban J connectivity index is 2.20. The van der Waals surface area contributed by atoms with Crippen LogP contribution in [0.4, 0.5) is 10.1 Å². The van der Waals surface area contributed by atoms with Gasteiger partial charge >= 0.3 is 0 Å². The molecule has 4 N–H and O–H groups in total. The molecular weight excluding hydrogens is 259 g/mol. The molecular formula is C10H11FN4O2S. The molecule has 2 aromatic rings. The highest BCUT2D eigenvalue weighted by Gasteiger charge is 2.15. The third-order valence-corrected chi connectivity index (χ3v) is 3.61. The standard InChI is InChI=1S/C10H11FN4O2S/c11-8-1-9(12)3-10(2-8)18(16,17)15-6-7-4-13-14-5-7/h1-5,15H,6,12H2,(H,13,14). The van der Waals surface area contributed by atoms with E-state index in [4.69, 9.17) is 5.73 Å². The van der Waals surface area contributed by atoms with Gasteiger partial charge in [0.2, 0.25) is 10.0 Å². The highest BCUT2D eigenvalue weighted by molar-refractivity contribution is 7.89. The number of nitrogens with one attached hydrogen (secondary N) is 2. The summed E-state index contributed by atoms with van der Waals surface area (Å²) < 4.78 is 39.1. The molecule has 0 bridgehead atoms. The van der Waals surface area contributed by atoms with Crippen LogP contribution >= 0.6 is 0 Å². The molecule has 0 amide bonds. The molecule has 18 heavy (non-hydrogen) atoms. The molecule has 0 fully saturated rings. The zero-order valence-electron chi connectivity index (χ0n) is 9.22. The summed E-state index contributed by atoms with van der Waals surface area (Å²) in [5.74, 6) is -0.696. The lowest BCUT2D eigenvalue weighted by Gasteiger charge is -2.06. The number of aromatic amines is 1. The van der Waals surface area contributed by atoms with Gasteiger partial charge in [-0.25, -0.2) is 17.5 Å². The molecule has 0 aliphatic rings. The van der Waals surface area contributed by atoms with Crippen molar-refractivity contribution >= 4 is 15.7 Å². The maximum Gasteiger partial charge on any atom is 0.241 e. The summed E-state index contributed by atoms with van der Waals surface area (Å²) in [5.41, 5.74) is 6.12. The first-order chi connectivity index (χ1) is 8.47. The Morgan fingerprint density at radius 2 is 2.17 bits per heavy atom. The number of H-pyrrole nitrogens is 1. The number of rotatable bonds is 4. The van der Waals surface area contributed by atoms with Crippen LogP contribution in [0.5, 0.6) is 0 Å². The fourth-order valence-electron chi connectivity index (χ4n) is 1.38. The third kappa shape index (κ3) is 2.84. The highest BCUT2D eigenvalue weighted by Crippen LogP contribution is 2.15. The summed E-state index contributed by atoms with van der Waals surface area (Å²) in [6, 6.07) is 3.16. The van der Waals surface area contributed by atoms with E-state index in [9.17, 15) is 12.8 Å². The monoisotopic (exact) mass is 270 g/mol. The fraction of sp³-hybridized carbons (Fsp3) is 0.100. The van der Waals surface area contributed by atoms with E-state index in [1.54, 1.807) is 6.20 Å². The van der Waals surface area contributed by atoms with Gasteiger partial charge in [0.1, 0.15) is 5.82 Å². The van der Waals surface area contributed by atoms with E-state index in [0.717, 1.165) is 12.1 Å². The summed E-state index contributed by atoms with van der Waals surface area (Å²) in [6.45, 7) is 0.0647. The van der Waals surface area contributed by atoms with Gasteiger partial charge in [-0.15, -0.1) is 0 Å². The largest absolute Gasteiger partial charge is 0.399 e. The lowest BCUT2D eigenvalue weighted by Crippen LogP contribution is -2.23. The van der Waals surface area contributed by atoms with Gasteiger partial charge in [0, 0.05) is 24.0 Å². The maximum atomic E-state index is 13.1. The Labute approximate surface area is 103 Å². The summed E-state index contributed by atoms with van der Waals surface area (Å²) in [5, 5.41) is 6.24. The Morgan fingerprint density at radius 3 is 2.78 bits per heavy atom. The lowest BCUT2D eigenvalue weighted by molar-refractivity contribution is 0.577. The van der Waals surface area contributed by atoms with Crippen molar-refractivity contribution in [1.82, 2.24) is 14.9 Å². The predicted octanol–water partition coefficient (Wildman–Crippen LogP) is 0.609. The van der Waals surface area contributed by atoms with Crippen LogP contribution in [-0.2, 0) is 16.6 Å². The molecule has 0 saturated carbocycles. The van der Waals surface area contributed by atoms with Crippen LogP contribution in [0.2, 0.25) is 0 Å². The van der Waals surface area contributed by atoms with E-state index < -0.39 is 15.8 Å². The van der Waals surface area contributed by atoms with Crippen LogP contribution in [0.3, 0.4) is 0 Å². The number of nitrogens with two attached hydrogens (primary N) is 1. The fourth-order valence-corrected chi connectivity index (χ4v) is 2.46. The van der Waals surface area contributed by atoms with Crippen LogP contribution in [-0.4, -0.2) is 18.6 Å². The molecule has 0 spiro atoms. The molecule has 0 aliphatic heterocycles. The van der Waals surface area contributed by atoms with Gasteiger partial charge < -0.3 is 5.73 Å². The van der Waals surface area contributed by atoms with Crippen molar-refractivity contribution in [3.8, 4) is 0 Å². The van der Waals surface area contributed by atoms with Gasteiger partial charge in [0.15, 0.2) is 0 Å². The van der Waals surface area contributed by atoms with Gasteiger partial charge in [-0.2, -0.15) is 5.10 Å². The molecule has 2 rings (SSSR count). The van der Waals surface area contributed by atoms with E-state index in [-0.39, 0.29) is 17.1 Å². The van der Waals surface area contributed by atoms with Crippen molar-refractivity contribution in [1.29, 1.82) is 0 Å². The molecule has 0 radical (unpaired) electrons. The van der Waals surface area contributed by atoms with Crippen molar-refractivity contribution in [3.05, 3.63) is 42.0 Å². The topological polar surface area (TPSA) is 101 Å². The molecule has 6 nitrogen and oxygen atoms in total. The van der Waals surface area contributed by atoms with Crippen molar-refractivity contribution in [2.45, 2.75) is 11.4 Å². The maximum absolute atomic E-state index is 13.1. The highest BCUT2D eigenvalue weighted by atomic mass is 32.2. The number of hydrogen-bond donors (Lipinski definition) is 3. The molecule has 0 saturated heterocycles. The Bertz CT molecular complexity index is 620. The first-order valence-electron chi connectivity index (χ1n) is 5.01. The normalized spacial score (nSPS) is 11.6. The molecule has 0 atom stereocenters. The lowest BCUT2D eigenvalue weighted by atomic mass is 10.3. The van der Waals surface area contributed by atoms with Crippen LogP contribution in [0.25, 0.3) is 0 Å². The van der Waals surface area contributed by atoms with E-state index in [1.165, 1.54) is 12.3 Å². The quantitative estimate of drug-likeness (QED) is 0.708. The minimum atomic E-state index is -3.79. The SMILES string of the molecule is Nc1cc(F)cc(S(=O)(=O)NCc2cn[nH]c2)c1. The van der Waals surface area contributed by atoms with Crippen molar-refractivity contribution in [2.24, 2.45) is 0 Å². The van der Waals surface area contributed by atoms with Crippen molar-refractivity contribution in [2.75, 3.05) is 5.73 Å². The van der Waals surface area contributed by atoms with E-state index >= 15 is 0 Å². The van der Waals surface area contributed by atoms with Crippen LogP contribution in [0, 0.1) is 5.82 Å². The number of sulfonamides is 1. The van der Waals surface area contributed by atoms with Gasteiger partial charge in [0.25, 0.3) is 0 Å². The average molecular weight is 270 g/mol. The Kier molecular flexibility index (Phi) is 3.30. The average Bonchev–Trinajstić information content (AvgIpc) is 2.78. The summed E-state index contributed by atoms with van der Waals surface area (Å²) in [4.78, 5) is -0.205. The first-order valence-corrected chi connectivity index (χ1v) is 6.49. The number of halogens is 1. The van der Waals surface area contributed by atoms with E-state index in [0.29, 0.717) is 5.56 Å². The Hall–Kier alpha value is -1.93. The van der Waals surface area contributed by atoms with Crippen LogP contribution < -0.4 is 10.5 Å². The number of nitrogen functional groups attached to an aromatic ring is 1. The number of benzene rings is 1. The molecule has 0 unspecified atom stereocenters. The molecule has 0 aliphatic carbocycles. The van der Waals surface area contributed by atoms with Crippen molar-refractivity contribution < 1.29 is 12.8 Å². The van der Waals surface area contributed by atoms with Crippen LogP contribution in [0.15, 0.2) is 35.5 Å². The van der Waals surface area contributed by atoms with E-state index in [2.05, 4.69) is 14.9 Å². The number of nitrogens with zero attached hydrogens (tertiary/aromatic N) is 1. The Morgan fingerprint density at radius 1 is 1.39 bits per heavy atom. The van der Waals surface area contributed by atoms with Crippen molar-refractivity contribution in [3.63, 3.8) is 0 Å². The number of hydrogen-bond acceptors (Lipinski definition) is 4. The summed E-state index contributed by atoms with van der Waals surface area (Å²) >= 11 is 0. The zero-order valence-corrected chi connectivity index (χ0v) is 10.0. The third-order valence-electron chi connectivity index (χ3n) is 2.23. The van der Waals surface area contributed by atoms with Gasteiger partial charge in [-0.1, -0.05) is 0 Å². The summed E-state index contributed by atoms with van der Waals surface area (Å²) in [7, 11) is -3.79.